The number of nitrogens with one attached hydrogen (secondary N) is 1. The Balaban J connectivity index is 1.50. The molecule has 1 aliphatic rings. The first-order valence-corrected chi connectivity index (χ1v) is 10.4. The standard InChI is InChI=1S/C24H30N2O4/c1-17-13-26(14-18(2)30-17)15-22-7-5-4-6-21(22)12-25-24(28)16-29-23-10-8-20(9-11-23)19(3)27/h4-11,17-18H,12-16H2,1-3H3,(H,25,28). The van der Waals surface area contributed by atoms with E-state index in [0.29, 0.717) is 17.9 Å². The van der Waals surface area contributed by atoms with Crippen LogP contribution in [-0.2, 0) is 22.6 Å². The van der Waals surface area contributed by atoms with Crippen molar-refractivity contribution in [1.29, 1.82) is 0 Å². The molecule has 0 radical (unpaired) electrons. The van der Waals surface area contributed by atoms with E-state index in [0.717, 1.165) is 25.2 Å². The van der Waals surface area contributed by atoms with Crippen LogP contribution in [0.4, 0.5) is 0 Å². The van der Waals surface area contributed by atoms with Gasteiger partial charge in [0.15, 0.2) is 12.4 Å². The summed E-state index contributed by atoms with van der Waals surface area (Å²) in [6.45, 7) is 8.75. The van der Waals surface area contributed by atoms with Crippen molar-refractivity contribution in [3.63, 3.8) is 0 Å². The average Bonchev–Trinajstić information content (AvgIpc) is 2.71. The summed E-state index contributed by atoms with van der Waals surface area (Å²) in [5.74, 6) is 0.374. The number of nitrogens with zero attached hydrogens (tertiary/aromatic N) is 1. The topological polar surface area (TPSA) is 67.9 Å². The molecule has 0 saturated carbocycles. The van der Waals surface area contributed by atoms with Crippen LogP contribution < -0.4 is 10.1 Å². The first-order valence-electron chi connectivity index (χ1n) is 10.4. The van der Waals surface area contributed by atoms with Crippen molar-refractivity contribution in [3.05, 3.63) is 65.2 Å². The van der Waals surface area contributed by atoms with Gasteiger partial charge in [0.1, 0.15) is 5.75 Å². The number of hydrogen-bond donors (Lipinski definition) is 1. The second kappa shape index (κ2) is 10.4. The van der Waals surface area contributed by atoms with Crippen LogP contribution >= 0.6 is 0 Å². The first kappa shape index (κ1) is 22.0. The minimum atomic E-state index is -0.186. The predicted octanol–water partition coefficient (Wildman–Crippen LogP) is 3.19. The third-order valence-corrected chi connectivity index (χ3v) is 5.11. The van der Waals surface area contributed by atoms with Crippen LogP contribution in [0, 0.1) is 0 Å². The van der Waals surface area contributed by atoms with Gasteiger partial charge in [0.2, 0.25) is 0 Å². The Hall–Kier alpha value is -2.70. The van der Waals surface area contributed by atoms with Gasteiger partial charge in [-0.15, -0.1) is 0 Å². The molecule has 1 fully saturated rings. The monoisotopic (exact) mass is 410 g/mol. The van der Waals surface area contributed by atoms with Gasteiger partial charge in [-0.3, -0.25) is 14.5 Å². The Labute approximate surface area is 178 Å². The zero-order valence-electron chi connectivity index (χ0n) is 17.9. The zero-order valence-corrected chi connectivity index (χ0v) is 17.9. The molecule has 160 valence electrons. The van der Waals surface area contributed by atoms with E-state index in [1.807, 2.05) is 18.2 Å². The SMILES string of the molecule is CC(=O)c1ccc(OCC(=O)NCc2ccccc2CN2CC(C)OC(C)C2)cc1. The van der Waals surface area contributed by atoms with Crippen LogP contribution in [0.25, 0.3) is 0 Å². The Morgan fingerprint density at radius 3 is 2.30 bits per heavy atom. The fourth-order valence-electron chi connectivity index (χ4n) is 3.72. The van der Waals surface area contributed by atoms with Gasteiger partial charge >= 0.3 is 0 Å². The minimum absolute atomic E-state index is 0.000970. The van der Waals surface area contributed by atoms with Crippen LogP contribution in [0.2, 0.25) is 0 Å². The van der Waals surface area contributed by atoms with Gasteiger partial charge in [0.05, 0.1) is 12.2 Å². The average molecular weight is 411 g/mol. The predicted molar refractivity (Wildman–Crippen MR) is 116 cm³/mol. The molecular formula is C24H30N2O4. The lowest BCUT2D eigenvalue weighted by Gasteiger charge is -2.35. The van der Waals surface area contributed by atoms with Crippen LogP contribution in [0.5, 0.6) is 5.75 Å². The molecule has 0 spiro atoms. The molecule has 0 bridgehead atoms. The van der Waals surface area contributed by atoms with Crippen LogP contribution in [-0.4, -0.2) is 48.5 Å². The molecule has 1 amide bonds. The molecule has 2 aromatic rings. The van der Waals surface area contributed by atoms with Gasteiger partial charge in [-0.2, -0.15) is 0 Å². The summed E-state index contributed by atoms with van der Waals surface area (Å²) in [6.07, 6.45) is 0.449. The number of morpholine rings is 1. The lowest BCUT2D eigenvalue weighted by molar-refractivity contribution is -0.123. The van der Waals surface area contributed by atoms with E-state index in [9.17, 15) is 9.59 Å². The van der Waals surface area contributed by atoms with E-state index in [4.69, 9.17) is 9.47 Å². The maximum absolute atomic E-state index is 12.2. The molecule has 0 aromatic heterocycles. The Kier molecular flexibility index (Phi) is 7.60. The van der Waals surface area contributed by atoms with E-state index in [1.54, 1.807) is 24.3 Å². The van der Waals surface area contributed by atoms with Gasteiger partial charge in [0.25, 0.3) is 5.91 Å². The molecule has 6 nitrogen and oxygen atoms in total. The fourth-order valence-corrected chi connectivity index (χ4v) is 3.72. The van der Waals surface area contributed by atoms with Crippen molar-refractivity contribution < 1.29 is 19.1 Å². The summed E-state index contributed by atoms with van der Waals surface area (Å²) < 4.78 is 11.3. The molecule has 30 heavy (non-hydrogen) atoms. The summed E-state index contributed by atoms with van der Waals surface area (Å²) >= 11 is 0. The highest BCUT2D eigenvalue weighted by atomic mass is 16.5. The third kappa shape index (κ3) is 6.40. The summed E-state index contributed by atoms with van der Waals surface area (Å²) in [7, 11) is 0. The number of ketones is 1. The first-order chi connectivity index (χ1) is 14.4. The summed E-state index contributed by atoms with van der Waals surface area (Å²) in [5, 5.41) is 2.93. The van der Waals surface area contributed by atoms with Crippen LogP contribution in [0.15, 0.2) is 48.5 Å². The van der Waals surface area contributed by atoms with Crippen molar-refractivity contribution in [1.82, 2.24) is 10.2 Å². The van der Waals surface area contributed by atoms with Crippen molar-refractivity contribution in [2.45, 2.75) is 46.1 Å². The van der Waals surface area contributed by atoms with Crippen molar-refractivity contribution in [3.8, 4) is 5.75 Å². The fraction of sp³-hybridized carbons (Fsp3) is 0.417. The highest BCUT2D eigenvalue weighted by Gasteiger charge is 2.22. The lowest BCUT2D eigenvalue weighted by Crippen LogP contribution is -2.45. The zero-order chi connectivity index (χ0) is 21.5. The van der Waals surface area contributed by atoms with Gasteiger partial charge < -0.3 is 14.8 Å². The summed E-state index contributed by atoms with van der Waals surface area (Å²) in [5.41, 5.74) is 2.93. The number of rotatable bonds is 8. The number of benzene rings is 2. The molecule has 6 heteroatoms. The van der Waals surface area contributed by atoms with Crippen molar-refractivity contribution in [2.75, 3.05) is 19.7 Å². The number of carbonyl (C=O) groups is 2. The number of ether oxygens (including phenoxy) is 2. The molecule has 1 saturated heterocycles. The van der Waals surface area contributed by atoms with Crippen LogP contribution in [0.3, 0.4) is 0 Å². The van der Waals surface area contributed by atoms with Crippen molar-refractivity contribution >= 4 is 11.7 Å². The summed E-state index contributed by atoms with van der Waals surface area (Å²) in [4.78, 5) is 25.9. The van der Waals surface area contributed by atoms with Gasteiger partial charge in [0, 0.05) is 31.7 Å². The van der Waals surface area contributed by atoms with Gasteiger partial charge in [-0.05, 0) is 56.2 Å². The summed E-state index contributed by atoms with van der Waals surface area (Å²) in [6, 6.07) is 15.0. The Bertz CT molecular complexity index is 856. The maximum atomic E-state index is 12.2. The van der Waals surface area contributed by atoms with Crippen LogP contribution in [0.1, 0.15) is 42.3 Å². The largest absolute Gasteiger partial charge is 0.484 e. The molecular weight excluding hydrogens is 380 g/mol. The Morgan fingerprint density at radius 2 is 1.67 bits per heavy atom. The molecule has 0 aliphatic carbocycles. The quantitative estimate of drug-likeness (QED) is 0.677. The minimum Gasteiger partial charge on any atom is -0.484 e. The van der Waals surface area contributed by atoms with Gasteiger partial charge in [-0.1, -0.05) is 24.3 Å². The van der Waals surface area contributed by atoms with E-state index in [1.165, 1.54) is 12.5 Å². The smallest absolute Gasteiger partial charge is 0.258 e. The number of Topliss-reactive ketones (excluding diaryl/α,β-unsaturated/α-hetero) is 1. The van der Waals surface area contributed by atoms with E-state index in [-0.39, 0.29) is 30.5 Å². The number of amides is 1. The molecule has 3 rings (SSSR count). The number of hydrogen-bond acceptors (Lipinski definition) is 5. The third-order valence-electron chi connectivity index (χ3n) is 5.11. The van der Waals surface area contributed by atoms with E-state index in [2.05, 4.69) is 30.1 Å². The molecule has 1 aliphatic heterocycles. The maximum Gasteiger partial charge on any atom is 0.258 e. The Morgan fingerprint density at radius 1 is 1.03 bits per heavy atom. The highest BCUT2D eigenvalue weighted by molar-refractivity contribution is 5.94. The molecule has 2 aromatic carbocycles. The van der Waals surface area contributed by atoms with Gasteiger partial charge in [-0.25, -0.2) is 0 Å². The molecule has 1 N–H and O–H groups in total. The number of carbonyl (C=O) groups excluding carboxylic acids is 2. The molecule has 2 atom stereocenters. The van der Waals surface area contributed by atoms with E-state index >= 15 is 0 Å². The second-order valence-electron chi connectivity index (χ2n) is 7.87. The highest BCUT2D eigenvalue weighted by Crippen LogP contribution is 2.17. The van der Waals surface area contributed by atoms with Crippen molar-refractivity contribution in [2.24, 2.45) is 0 Å². The lowest BCUT2D eigenvalue weighted by atomic mass is 10.1. The second-order valence-corrected chi connectivity index (χ2v) is 7.87. The molecule has 2 unspecified atom stereocenters. The molecule has 1 heterocycles. The normalized spacial score (nSPS) is 19.3. The van der Waals surface area contributed by atoms with E-state index < -0.39 is 0 Å².